The van der Waals surface area contributed by atoms with E-state index in [2.05, 4.69) is 39.5 Å². The monoisotopic (exact) mass is 515 g/mol. The lowest BCUT2D eigenvalue weighted by atomic mass is 9.53. The molecule has 2 aromatic rings. The summed E-state index contributed by atoms with van der Waals surface area (Å²) < 4.78 is 5.35. The Labute approximate surface area is 226 Å². The number of carbonyl (C=O) groups excluding carboxylic acids is 2. The topological polar surface area (TPSA) is 71.5 Å². The maximum absolute atomic E-state index is 14.1. The molecular formula is C32H41N3O3. The molecule has 0 aliphatic heterocycles. The summed E-state index contributed by atoms with van der Waals surface area (Å²) in [4.78, 5) is 33.6. The zero-order chi connectivity index (χ0) is 26.2. The van der Waals surface area contributed by atoms with Crippen LogP contribution in [-0.2, 0) is 9.59 Å². The fourth-order valence-electron chi connectivity index (χ4n) is 7.16. The third-order valence-electron chi connectivity index (χ3n) is 9.95. The molecule has 6 heteroatoms. The average Bonchev–Trinajstić information content (AvgIpc) is 3.81. The highest BCUT2D eigenvalue weighted by atomic mass is 16.5. The summed E-state index contributed by atoms with van der Waals surface area (Å²) in [5, 5.41) is 3.29. The van der Waals surface area contributed by atoms with Crippen LogP contribution in [0.3, 0.4) is 0 Å². The fraction of sp³-hybridized carbons (Fsp3) is 0.594. The molecule has 6 nitrogen and oxygen atoms in total. The van der Waals surface area contributed by atoms with Gasteiger partial charge in [-0.05, 0) is 98.9 Å². The molecule has 2 amide bonds. The summed E-state index contributed by atoms with van der Waals surface area (Å²) >= 11 is 0. The number of amides is 2. The van der Waals surface area contributed by atoms with E-state index in [9.17, 15) is 9.59 Å². The first kappa shape index (κ1) is 25.4. The summed E-state index contributed by atoms with van der Waals surface area (Å²) in [6.45, 7) is 0.756. The van der Waals surface area contributed by atoms with E-state index in [0.29, 0.717) is 17.8 Å². The van der Waals surface area contributed by atoms with Gasteiger partial charge < -0.3 is 15.0 Å². The number of hydrogen-bond donors (Lipinski definition) is 1. The Morgan fingerprint density at radius 3 is 2.34 bits per heavy atom. The second-order valence-corrected chi connectivity index (χ2v) is 12.4. The van der Waals surface area contributed by atoms with E-state index in [-0.39, 0.29) is 22.7 Å². The Kier molecular flexibility index (Phi) is 6.92. The van der Waals surface area contributed by atoms with Gasteiger partial charge in [0.1, 0.15) is 0 Å². The largest absolute Gasteiger partial charge is 0.481 e. The molecule has 38 heavy (non-hydrogen) atoms. The lowest BCUT2D eigenvalue weighted by molar-refractivity contribution is -0.141. The summed E-state index contributed by atoms with van der Waals surface area (Å²) in [7, 11) is 1.63. The number of nitrogens with zero attached hydrogens (tertiary/aromatic N) is 2. The van der Waals surface area contributed by atoms with Crippen molar-refractivity contribution in [2.45, 2.75) is 89.5 Å². The standard InChI is InChI=1S/C32H41N3O3/c1-38-28-21-25(12-19-33-28)24-8-5-9-27(20-24)35(29(36)23-6-3-2-4-7-23)22-31-13-16-32(17-14-31,18-15-31)30(37)34-26-10-11-26/h5,8-9,12,19-21,23,26H,2-4,6-7,10-11,13-18,22H2,1H3,(H,34,37). The molecule has 202 valence electrons. The van der Waals surface area contributed by atoms with Gasteiger partial charge >= 0.3 is 0 Å². The Morgan fingerprint density at radius 1 is 0.947 bits per heavy atom. The van der Waals surface area contributed by atoms with E-state index in [1.54, 1.807) is 13.3 Å². The van der Waals surface area contributed by atoms with E-state index in [1.165, 1.54) is 6.42 Å². The Bertz CT molecular complexity index is 1160. The highest BCUT2D eigenvalue weighted by Gasteiger charge is 2.53. The van der Waals surface area contributed by atoms with Crippen LogP contribution >= 0.6 is 0 Å². The molecule has 2 bridgehead atoms. The highest BCUT2D eigenvalue weighted by Crippen LogP contribution is 2.57. The molecule has 5 fully saturated rings. The number of rotatable bonds is 8. The fourth-order valence-corrected chi connectivity index (χ4v) is 7.16. The molecule has 0 saturated heterocycles. The number of ether oxygens (including phenoxy) is 1. The molecule has 0 radical (unpaired) electrons. The van der Waals surface area contributed by atoms with Crippen molar-refractivity contribution < 1.29 is 14.3 Å². The maximum atomic E-state index is 14.1. The maximum Gasteiger partial charge on any atom is 0.230 e. The van der Waals surface area contributed by atoms with Crippen LogP contribution in [-0.4, -0.2) is 36.5 Å². The minimum Gasteiger partial charge on any atom is -0.481 e. The lowest BCUT2D eigenvalue weighted by Gasteiger charge is -2.54. The van der Waals surface area contributed by atoms with Crippen LogP contribution in [0, 0.1) is 16.7 Å². The first-order valence-electron chi connectivity index (χ1n) is 14.7. The number of pyridine rings is 1. The highest BCUT2D eigenvalue weighted by molar-refractivity contribution is 5.96. The Balaban J connectivity index is 1.26. The van der Waals surface area contributed by atoms with Gasteiger partial charge in [0.05, 0.1) is 7.11 Å². The van der Waals surface area contributed by atoms with E-state index < -0.39 is 0 Å². The van der Waals surface area contributed by atoms with Crippen molar-refractivity contribution in [1.82, 2.24) is 10.3 Å². The smallest absolute Gasteiger partial charge is 0.230 e. The van der Waals surface area contributed by atoms with Crippen molar-refractivity contribution in [2.75, 3.05) is 18.6 Å². The number of carbonyl (C=O) groups is 2. The molecule has 0 unspecified atom stereocenters. The van der Waals surface area contributed by atoms with Gasteiger partial charge in [-0.3, -0.25) is 9.59 Å². The minimum absolute atomic E-state index is 0.0990. The molecule has 5 aliphatic carbocycles. The van der Waals surface area contributed by atoms with E-state index in [1.807, 2.05) is 12.1 Å². The summed E-state index contributed by atoms with van der Waals surface area (Å²) in [5.41, 5.74) is 3.00. The molecule has 1 aromatic heterocycles. The molecule has 1 heterocycles. The predicted octanol–water partition coefficient (Wildman–Crippen LogP) is 6.29. The number of benzene rings is 1. The number of hydrogen-bond acceptors (Lipinski definition) is 4. The SMILES string of the molecule is COc1cc(-c2cccc(N(CC34CCC(C(=O)NC5CC5)(CC3)CC4)C(=O)C3CCCCC3)c2)ccn1. The zero-order valence-corrected chi connectivity index (χ0v) is 22.7. The van der Waals surface area contributed by atoms with Gasteiger partial charge in [-0.25, -0.2) is 4.98 Å². The summed E-state index contributed by atoms with van der Waals surface area (Å²) in [5.74, 6) is 1.28. The molecule has 0 atom stereocenters. The van der Waals surface area contributed by atoms with Crippen LogP contribution in [0.2, 0.25) is 0 Å². The Hall–Kier alpha value is -2.89. The van der Waals surface area contributed by atoms with Gasteiger partial charge in [-0.2, -0.15) is 0 Å². The minimum atomic E-state index is -0.178. The number of anilines is 1. The van der Waals surface area contributed by atoms with E-state index in [4.69, 9.17) is 4.74 Å². The van der Waals surface area contributed by atoms with Crippen molar-refractivity contribution in [2.24, 2.45) is 16.7 Å². The van der Waals surface area contributed by atoms with Crippen LogP contribution in [0.4, 0.5) is 5.69 Å². The second kappa shape index (κ2) is 10.3. The van der Waals surface area contributed by atoms with Crippen molar-refractivity contribution >= 4 is 17.5 Å². The molecule has 7 rings (SSSR count). The van der Waals surface area contributed by atoms with Crippen LogP contribution in [0.1, 0.15) is 83.5 Å². The van der Waals surface area contributed by atoms with Crippen molar-refractivity contribution in [3.05, 3.63) is 42.6 Å². The third kappa shape index (κ3) is 5.06. The molecule has 1 aromatic carbocycles. The summed E-state index contributed by atoms with van der Waals surface area (Å²) in [6, 6.07) is 12.8. The number of fused-ring (bicyclic) bond motifs is 3. The van der Waals surface area contributed by atoms with Gasteiger partial charge in [0.25, 0.3) is 0 Å². The van der Waals surface area contributed by atoms with Gasteiger partial charge in [0.15, 0.2) is 0 Å². The molecule has 5 saturated carbocycles. The molecule has 5 aliphatic rings. The number of methoxy groups -OCH3 is 1. The predicted molar refractivity (Wildman–Crippen MR) is 149 cm³/mol. The zero-order valence-electron chi connectivity index (χ0n) is 22.7. The van der Waals surface area contributed by atoms with Crippen molar-refractivity contribution in [1.29, 1.82) is 0 Å². The van der Waals surface area contributed by atoms with Crippen LogP contribution in [0.25, 0.3) is 11.1 Å². The summed E-state index contributed by atoms with van der Waals surface area (Å²) in [6.07, 6.45) is 15.5. The second-order valence-electron chi connectivity index (χ2n) is 12.4. The third-order valence-corrected chi connectivity index (χ3v) is 9.95. The van der Waals surface area contributed by atoms with Crippen LogP contribution in [0.15, 0.2) is 42.6 Å². The van der Waals surface area contributed by atoms with Gasteiger partial charge in [-0.1, -0.05) is 31.4 Å². The molecular weight excluding hydrogens is 474 g/mol. The van der Waals surface area contributed by atoms with Gasteiger partial charge in [-0.15, -0.1) is 0 Å². The normalized spacial score (nSPS) is 27.1. The molecule has 0 spiro atoms. The van der Waals surface area contributed by atoms with E-state index >= 15 is 0 Å². The van der Waals surface area contributed by atoms with Crippen LogP contribution in [0.5, 0.6) is 5.88 Å². The number of aromatic nitrogens is 1. The average molecular weight is 516 g/mol. The van der Waals surface area contributed by atoms with E-state index in [0.717, 1.165) is 100 Å². The quantitative estimate of drug-likeness (QED) is 0.449. The first-order chi connectivity index (χ1) is 18.5. The van der Waals surface area contributed by atoms with Gasteiger partial charge in [0, 0.05) is 41.9 Å². The van der Waals surface area contributed by atoms with Crippen molar-refractivity contribution in [3.8, 4) is 17.0 Å². The van der Waals surface area contributed by atoms with Crippen LogP contribution < -0.4 is 15.0 Å². The van der Waals surface area contributed by atoms with Gasteiger partial charge in [0.2, 0.25) is 17.7 Å². The number of nitrogens with one attached hydrogen (secondary N) is 1. The first-order valence-corrected chi connectivity index (χ1v) is 14.7. The van der Waals surface area contributed by atoms with Crippen molar-refractivity contribution in [3.63, 3.8) is 0 Å². The lowest BCUT2D eigenvalue weighted by Crippen LogP contribution is -2.54. The molecule has 1 N–H and O–H groups in total. The Morgan fingerprint density at radius 2 is 1.66 bits per heavy atom.